The van der Waals surface area contributed by atoms with Crippen molar-refractivity contribution in [3.8, 4) is 0 Å². The second kappa shape index (κ2) is 5.02. The molecule has 0 saturated heterocycles. The third-order valence-corrected chi connectivity index (χ3v) is 4.51. The molecule has 1 aromatic heterocycles. The maximum atomic E-state index is 12.1. The average Bonchev–Trinajstić information content (AvgIpc) is 2.35. The molecule has 0 aliphatic heterocycles. The number of sulfonamides is 1. The molecule has 0 unspecified atom stereocenters. The van der Waals surface area contributed by atoms with E-state index in [4.69, 9.17) is 5.73 Å². The van der Waals surface area contributed by atoms with Gasteiger partial charge in [-0.05, 0) is 40.2 Å². The second-order valence-corrected chi connectivity index (χ2v) is 6.11. The summed E-state index contributed by atoms with van der Waals surface area (Å²) in [6, 6.07) is 6.85. The molecule has 0 saturated carbocycles. The van der Waals surface area contributed by atoms with E-state index in [1.807, 2.05) is 0 Å². The Kier molecular flexibility index (Phi) is 3.58. The minimum Gasteiger partial charge on any atom is -0.399 e. The quantitative estimate of drug-likeness (QED) is 0.715. The van der Waals surface area contributed by atoms with E-state index in [1.165, 1.54) is 24.3 Å². The van der Waals surface area contributed by atoms with E-state index in [0.717, 1.165) is 0 Å². The first kappa shape index (κ1) is 13.6. The summed E-state index contributed by atoms with van der Waals surface area (Å²) < 4.78 is 26.9. The van der Waals surface area contributed by atoms with Gasteiger partial charge < -0.3 is 5.73 Å². The molecule has 9 heteroatoms. The summed E-state index contributed by atoms with van der Waals surface area (Å²) in [5, 5.41) is 5.70. The first-order chi connectivity index (χ1) is 8.88. The van der Waals surface area contributed by atoms with Crippen molar-refractivity contribution in [1.82, 2.24) is 10.2 Å². The van der Waals surface area contributed by atoms with Crippen molar-refractivity contribution in [2.24, 2.45) is 0 Å². The van der Waals surface area contributed by atoms with E-state index < -0.39 is 15.6 Å². The number of hydrogen-bond acceptors (Lipinski definition) is 5. The molecule has 0 bridgehead atoms. The number of nitrogens with two attached hydrogens (primary N) is 1. The lowest BCUT2D eigenvalue weighted by Gasteiger charge is -2.09. The normalized spacial score (nSPS) is 11.2. The zero-order chi connectivity index (χ0) is 14.0. The van der Waals surface area contributed by atoms with Gasteiger partial charge in [-0.15, -0.1) is 0 Å². The van der Waals surface area contributed by atoms with E-state index in [2.05, 4.69) is 30.8 Å². The van der Waals surface area contributed by atoms with E-state index in [-0.39, 0.29) is 10.7 Å². The van der Waals surface area contributed by atoms with Gasteiger partial charge in [0, 0.05) is 16.2 Å². The van der Waals surface area contributed by atoms with Gasteiger partial charge in [-0.25, -0.2) is 13.5 Å². The van der Waals surface area contributed by atoms with Gasteiger partial charge in [-0.2, -0.15) is 5.10 Å². The molecule has 2 rings (SSSR count). The molecule has 0 fully saturated rings. The highest BCUT2D eigenvalue weighted by molar-refractivity contribution is 9.10. The Morgan fingerprint density at radius 1 is 1.26 bits per heavy atom. The van der Waals surface area contributed by atoms with Gasteiger partial charge in [-0.1, -0.05) is 0 Å². The van der Waals surface area contributed by atoms with Crippen molar-refractivity contribution in [2.45, 2.75) is 4.90 Å². The fourth-order valence-corrected chi connectivity index (χ4v) is 3.32. The van der Waals surface area contributed by atoms with Gasteiger partial charge in [0.1, 0.15) is 4.90 Å². The van der Waals surface area contributed by atoms with Crippen molar-refractivity contribution in [2.75, 3.05) is 10.5 Å². The summed E-state index contributed by atoms with van der Waals surface area (Å²) in [7, 11) is -3.84. The molecule has 2 aromatic rings. The Morgan fingerprint density at radius 2 is 2.00 bits per heavy atom. The zero-order valence-corrected chi connectivity index (χ0v) is 11.8. The van der Waals surface area contributed by atoms with Crippen LogP contribution in [0.5, 0.6) is 0 Å². The molecule has 19 heavy (non-hydrogen) atoms. The molecule has 0 radical (unpaired) electrons. The number of aromatic amines is 1. The number of benzene rings is 1. The maximum Gasteiger partial charge on any atom is 0.264 e. The molecule has 4 N–H and O–H groups in total. The van der Waals surface area contributed by atoms with Gasteiger partial charge >= 0.3 is 0 Å². The molecule has 0 atom stereocenters. The van der Waals surface area contributed by atoms with Crippen LogP contribution in [-0.4, -0.2) is 18.6 Å². The number of hydrogen-bond donors (Lipinski definition) is 3. The summed E-state index contributed by atoms with van der Waals surface area (Å²) >= 11 is 3.14. The average molecular weight is 345 g/mol. The molecule has 0 aliphatic carbocycles. The van der Waals surface area contributed by atoms with E-state index in [9.17, 15) is 13.2 Å². The van der Waals surface area contributed by atoms with Crippen LogP contribution in [0.3, 0.4) is 0 Å². The number of nitrogen functional groups attached to an aromatic ring is 1. The Balaban J connectivity index is 2.40. The number of rotatable bonds is 3. The van der Waals surface area contributed by atoms with Crippen LogP contribution in [0.15, 0.2) is 44.5 Å². The van der Waals surface area contributed by atoms with Crippen molar-refractivity contribution < 1.29 is 8.42 Å². The predicted molar refractivity (Wildman–Crippen MR) is 74.2 cm³/mol. The third-order valence-electron chi connectivity index (χ3n) is 2.16. The van der Waals surface area contributed by atoms with Crippen molar-refractivity contribution in [1.29, 1.82) is 0 Å². The van der Waals surface area contributed by atoms with Crippen LogP contribution in [0.2, 0.25) is 0 Å². The SMILES string of the molecule is Nc1ccc(Br)c(S(=O)(=O)Nc2ccc(=O)[nH]n2)c1. The van der Waals surface area contributed by atoms with E-state index in [0.29, 0.717) is 10.2 Å². The number of nitrogens with zero attached hydrogens (tertiary/aromatic N) is 1. The first-order valence-corrected chi connectivity index (χ1v) is 7.30. The second-order valence-electron chi connectivity index (χ2n) is 3.60. The predicted octanol–water partition coefficient (Wildman–Crippen LogP) is 0.915. The molecule has 7 nitrogen and oxygen atoms in total. The highest BCUT2D eigenvalue weighted by Crippen LogP contribution is 2.25. The van der Waals surface area contributed by atoms with Crippen molar-refractivity contribution in [3.63, 3.8) is 0 Å². The van der Waals surface area contributed by atoms with Gasteiger partial charge in [0.05, 0.1) is 0 Å². The van der Waals surface area contributed by atoms with Crippen LogP contribution >= 0.6 is 15.9 Å². The Morgan fingerprint density at radius 3 is 2.63 bits per heavy atom. The molecular formula is C10H9BrN4O3S. The van der Waals surface area contributed by atoms with Crippen LogP contribution in [0.1, 0.15) is 0 Å². The molecule has 1 aromatic carbocycles. The summed E-state index contributed by atoms with van der Waals surface area (Å²) in [5.74, 6) is 0.00826. The first-order valence-electron chi connectivity index (χ1n) is 5.02. The number of nitrogens with one attached hydrogen (secondary N) is 2. The van der Waals surface area contributed by atoms with Gasteiger partial charge in [0.15, 0.2) is 5.82 Å². The fraction of sp³-hybridized carbons (Fsp3) is 0. The Labute approximate surface area is 117 Å². The maximum absolute atomic E-state index is 12.1. The lowest BCUT2D eigenvalue weighted by Crippen LogP contribution is -2.17. The number of halogens is 1. The molecule has 0 amide bonds. The van der Waals surface area contributed by atoms with E-state index in [1.54, 1.807) is 6.07 Å². The monoisotopic (exact) mass is 344 g/mol. The largest absolute Gasteiger partial charge is 0.399 e. The third kappa shape index (κ3) is 3.12. The van der Waals surface area contributed by atoms with Crippen LogP contribution in [0, 0.1) is 0 Å². The number of anilines is 2. The van der Waals surface area contributed by atoms with Gasteiger partial charge in [-0.3, -0.25) is 9.52 Å². The Hall–Kier alpha value is -1.87. The van der Waals surface area contributed by atoms with Crippen LogP contribution in [0.4, 0.5) is 11.5 Å². The van der Waals surface area contributed by atoms with Crippen molar-refractivity contribution >= 4 is 37.5 Å². The highest BCUT2D eigenvalue weighted by Gasteiger charge is 2.18. The van der Waals surface area contributed by atoms with Crippen LogP contribution in [-0.2, 0) is 10.0 Å². The van der Waals surface area contributed by atoms with Crippen LogP contribution < -0.4 is 16.0 Å². The number of aromatic nitrogens is 2. The molecule has 1 heterocycles. The highest BCUT2D eigenvalue weighted by atomic mass is 79.9. The molecule has 0 spiro atoms. The smallest absolute Gasteiger partial charge is 0.264 e. The topological polar surface area (TPSA) is 118 Å². The summed E-state index contributed by atoms with van der Waals surface area (Å²) in [4.78, 5) is 10.8. The van der Waals surface area contributed by atoms with E-state index >= 15 is 0 Å². The molecule has 100 valence electrons. The molecular weight excluding hydrogens is 336 g/mol. The lowest BCUT2D eigenvalue weighted by atomic mass is 10.3. The zero-order valence-electron chi connectivity index (χ0n) is 9.42. The van der Waals surface area contributed by atoms with Crippen molar-refractivity contribution in [3.05, 3.63) is 45.2 Å². The standard InChI is InChI=1S/C10H9BrN4O3S/c11-7-2-1-6(12)5-8(7)19(17,18)15-9-3-4-10(16)14-13-9/h1-5H,12H2,(H,13,15)(H,14,16). The minimum absolute atomic E-state index is 0.00826. The lowest BCUT2D eigenvalue weighted by molar-refractivity contribution is 0.600. The Bertz CT molecular complexity index is 752. The summed E-state index contributed by atoms with van der Waals surface area (Å²) in [5.41, 5.74) is 5.46. The fourth-order valence-electron chi connectivity index (χ4n) is 1.32. The van der Waals surface area contributed by atoms with Gasteiger partial charge in [0.2, 0.25) is 0 Å². The number of H-pyrrole nitrogens is 1. The van der Waals surface area contributed by atoms with Crippen LogP contribution in [0.25, 0.3) is 0 Å². The summed E-state index contributed by atoms with van der Waals surface area (Å²) in [6.07, 6.45) is 0. The molecule has 0 aliphatic rings. The minimum atomic E-state index is -3.84. The van der Waals surface area contributed by atoms with Gasteiger partial charge in [0.25, 0.3) is 15.6 Å². The summed E-state index contributed by atoms with van der Waals surface area (Å²) in [6.45, 7) is 0.